The van der Waals surface area contributed by atoms with E-state index < -0.39 is 35.2 Å². The molecule has 3 aromatic rings. The number of ether oxygens (including phenoxy) is 2. The fourth-order valence-corrected chi connectivity index (χ4v) is 3.56. The van der Waals surface area contributed by atoms with Crippen molar-refractivity contribution in [2.45, 2.75) is 18.1 Å². The van der Waals surface area contributed by atoms with E-state index >= 15 is 0 Å². The molecule has 170 valence electrons. The van der Waals surface area contributed by atoms with Crippen LogP contribution in [0.25, 0.3) is 0 Å². The Morgan fingerprint density at radius 2 is 1.88 bits per heavy atom. The maximum atomic E-state index is 12.9. The minimum Gasteiger partial charge on any atom is -0.485 e. The van der Waals surface area contributed by atoms with Gasteiger partial charge in [0.25, 0.3) is 5.91 Å². The van der Waals surface area contributed by atoms with Crippen LogP contribution in [0.15, 0.2) is 41.6 Å². The lowest BCUT2D eigenvalue weighted by Crippen LogP contribution is -2.21. The summed E-state index contributed by atoms with van der Waals surface area (Å²) in [4.78, 5) is 20.5. The molecule has 0 aliphatic carbocycles. The van der Waals surface area contributed by atoms with Gasteiger partial charge in [-0.2, -0.15) is 4.37 Å². The molecule has 0 spiro atoms. The molecule has 0 aliphatic rings. The number of carbonyl (C=O) groups is 1. The van der Waals surface area contributed by atoms with E-state index in [-0.39, 0.29) is 33.0 Å². The maximum Gasteiger partial charge on any atom is 0.257 e. The summed E-state index contributed by atoms with van der Waals surface area (Å²) in [5.74, 6) is 0.200. The molecule has 0 saturated heterocycles. The topological polar surface area (TPSA) is 120 Å². The van der Waals surface area contributed by atoms with Crippen molar-refractivity contribution in [3.8, 4) is 17.2 Å². The molecule has 0 saturated carbocycles. The summed E-state index contributed by atoms with van der Waals surface area (Å²) < 4.78 is 63.8. The van der Waals surface area contributed by atoms with Crippen molar-refractivity contribution < 1.29 is 31.5 Å². The van der Waals surface area contributed by atoms with E-state index in [4.69, 9.17) is 9.47 Å². The van der Waals surface area contributed by atoms with Gasteiger partial charge in [-0.1, -0.05) is 0 Å². The number of aromatic nitrogens is 3. The zero-order valence-electron chi connectivity index (χ0n) is 16.9. The number of aryl methyl sites for hydroxylation is 1. The number of anilines is 1. The molecule has 1 N–H and O–H groups in total. The van der Waals surface area contributed by atoms with E-state index in [0.717, 1.165) is 17.8 Å². The van der Waals surface area contributed by atoms with Gasteiger partial charge in [0.15, 0.2) is 21.0 Å². The van der Waals surface area contributed by atoms with Gasteiger partial charge in [0.05, 0.1) is 6.20 Å². The third-order valence-electron chi connectivity index (χ3n) is 3.86. The first-order chi connectivity index (χ1) is 15.2. The average molecular weight is 485 g/mol. The highest BCUT2D eigenvalue weighted by Gasteiger charge is 2.17. The van der Waals surface area contributed by atoms with Gasteiger partial charge in [0.1, 0.15) is 36.4 Å². The summed E-state index contributed by atoms with van der Waals surface area (Å²) in [6.45, 7) is -0.461. The number of benzene rings is 1. The van der Waals surface area contributed by atoms with E-state index in [0.29, 0.717) is 5.82 Å². The molecule has 32 heavy (non-hydrogen) atoms. The summed E-state index contributed by atoms with van der Waals surface area (Å²) in [5.41, 5.74) is 0.0718. The predicted molar refractivity (Wildman–Crippen MR) is 113 cm³/mol. The van der Waals surface area contributed by atoms with Gasteiger partial charge in [-0.15, -0.1) is 0 Å². The summed E-state index contributed by atoms with van der Waals surface area (Å²) >= 11 is 0.993. The number of amides is 1. The number of alkyl halides is 2. The van der Waals surface area contributed by atoms with Crippen molar-refractivity contribution in [1.29, 1.82) is 0 Å². The Morgan fingerprint density at radius 1 is 1.16 bits per heavy atom. The SMILES string of the molecule is Cc1nsc(NC(=O)c2cc(Oc3ccc(S(C)(=O)=O)nc3)cc(OC(CF)CF)c2)n1. The van der Waals surface area contributed by atoms with Gasteiger partial charge in [0.2, 0.25) is 5.13 Å². The second kappa shape index (κ2) is 9.96. The van der Waals surface area contributed by atoms with E-state index in [1.165, 1.54) is 36.5 Å². The van der Waals surface area contributed by atoms with Crippen LogP contribution in [0, 0.1) is 6.92 Å². The number of hydrogen-bond donors (Lipinski definition) is 1. The number of pyridine rings is 1. The molecule has 0 aliphatic heterocycles. The number of rotatable bonds is 9. The van der Waals surface area contributed by atoms with Gasteiger partial charge in [-0.3, -0.25) is 10.1 Å². The van der Waals surface area contributed by atoms with Crippen molar-refractivity contribution in [2.75, 3.05) is 24.9 Å². The highest BCUT2D eigenvalue weighted by molar-refractivity contribution is 7.90. The van der Waals surface area contributed by atoms with Crippen LogP contribution < -0.4 is 14.8 Å². The Hall–Kier alpha value is -3.19. The summed E-state index contributed by atoms with van der Waals surface area (Å²) in [6.07, 6.45) is 0.870. The third kappa shape index (κ3) is 6.17. The van der Waals surface area contributed by atoms with Crippen LogP contribution in [0.2, 0.25) is 0 Å². The summed E-state index contributed by atoms with van der Waals surface area (Å²) in [6, 6.07) is 6.67. The molecular weight excluding hydrogens is 466 g/mol. The van der Waals surface area contributed by atoms with Crippen molar-refractivity contribution in [3.63, 3.8) is 0 Å². The highest BCUT2D eigenvalue weighted by atomic mass is 32.2. The zero-order valence-corrected chi connectivity index (χ0v) is 18.5. The second-order valence-corrected chi connectivity index (χ2v) is 9.26. The van der Waals surface area contributed by atoms with E-state index in [1.807, 2.05) is 0 Å². The first kappa shape index (κ1) is 23.5. The van der Waals surface area contributed by atoms with Crippen LogP contribution in [0.3, 0.4) is 0 Å². The Kier molecular flexibility index (Phi) is 7.30. The van der Waals surface area contributed by atoms with Crippen molar-refractivity contribution in [1.82, 2.24) is 14.3 Å². The number of hydrogen-bond acceptors (Lipinski definition) is 9. The van der Waals surface area contributed by atoms with Crippen LogP contribution in [0.4, 0.5) is 13.9 Å². The predicted octanol–water partition coefficient (Wildman–Crippen LogP) is 3.38. The minimum atomic E-state index is -3.49. The largest absolute Gasteiger partial charge is 0.485 e. The van der Waals surface area contributed by atoms with Gasteiger partial charge < -0.3 is 9.47 Å². The molecule has 2 aromatic heterocycles. The van der Waals surface area contributed by atoms with E-state index in [1.54, 1.807) is 6.92 Å². The van der Waals surface area contributed by atoms with Crippen LogP contribution in [0.5, 0.6) is 17.2 Å². The number of sulfone groups is 1. The minimum absolute atomic E-state index is 0.00195. The summed E-state index contributed by atoms with van der Waals surface area (Å²) in [5, 5.41) is 2.70. The van der Waals surface area contributed by atoms with Crippen molar-refractivity contribution in [3.05, 3.63) is 47.9 Å². The second-order valence-electron chi connectivity index (χ2n) is 6.55. The molecule has 0 fully saturated rings. The molecule has 1 aromatic carbocycles. The lowest BCUT2D eigenvalue weighted by Gasteiger charge is -2.15. The molecule has 0 radical (unpaired) electrons. The number of nitrogens with one attached hydrogen (secondary N) is 1. The number of nitrogens with zero attached hydrogens (tertiary/aromatic N) is 3. The smallest absolute Gasteiger partial charge is 0.257 e. The Bertz CT molecular complexity index is 1200. The normalized spacial score (nSPS) is 11.4. The first-order valence-electron chi connectivity index (χ1n) is 9.07. The lowest BCUT2D eigenvalue weighted by molar-refractivity contribution is 0.102. The van der Waals surface area contributed by atoms with Crippen LogP contribution in [-0.2, 0) is 9.84 Å². The van der Waals surface area contributed by atoms with Gasteiger partial charge >= 0.3 is 0 Å². The third-order valence-corrected chi connectivity index (χ3v) is 5.59. The Labute approximate surface area is 186 Å². The number of carbonyl (C=O) groups excluding carboxylic acids is 1. The maximum absolute atomic E-state index is 12.9. The van der Waals surface area contributed by atoms with Gasteiger partial charge in [-0.25, -0.2) is 27.2 Å². The molecule has 0 unspecified atom stereocenters. The monoisotopic (exact) mass is 484 g/mol. The van der Waals surface area contributed by atoms with Crippen LogP contribution >= 0.6 is 11.5 Å². The van der Waals surface area contributed by atoms with Gasteiger partial charge in [-0.05, 0) is 31.2 Å². The van der Waals surface area contributed by atoms with E-state index in [2.05, 4.69) is 19.7 Å². The highest BCUT2D eigenvalue weighted by Crippen LogP contribution is 2.29. The quantitative estimate of drug-likeness (QED) is 0.491. The zero-order chi connectivity index (χ0) is 23.3. The standard InChI is InChI=1S/C19H18F2N4O5S2/c1-11-23-19(31-25-11)24-18(26)12-5-14(7-15(6-12)30-16(8-20)9-21)29-13-3-4-17(22-10-13)32(2,27)28/h3-7,10,16H,8-9H2,1-2H3,(H,23,24,25,26). The van der Waals surface area contributed by atoms with Gasteiger partial charge in [0, 0.05) is 29.4 Å². The fraction of sp³-hybridized carbons (Fsp3) is 0.263. The van der Waals surface area contributed by atoms with Crippen LogP contribution in [-0.4, -0.2) is 54.4 Å². The first-order valence-corrected chi connectivity index (χ1v) is 11.7. The summed E-state index contributed by atoms with van der Waals surface area (Å²) in [7, 11) is -3.49. The average Bonchev–Trinajstić information content (AvgIpc) is 3.16. The molecular formula is C19H18F2N4O5S2. The molecule has 2 heterocycles. The Morgan fingerprint density at radius 3 is 2.44 bits per heavy atom. The molecule has 13 heteroatoms. The molecule has 0 bridgehead atoms. The molecule has 1 amide bonds. The lowest BCUT2D eigenvalue weighted by atomic mass is 10.2. The fourth-order valence-electron chi connectivity index (χ4n) is 2.43. The molecule has 3 rings (SSSR count). The molecule has 0 atom stereocenters. The van der Waals surface area contributed by atoms with Crippen LogP contribution in [0.1, 0.15) is 16.2 Å². The number of halogens is 2. The van der Waals surface area contributed by atoms with Crippen molar-refractivity contribution in [2.24, 2.45) is 0 Å². The van der Waals surface area contributed by atoms with Crippen molar-refractivity contribution >= 4 is 32.4 Å². The van der Waals surface area contributed by atoms with E-state index in [9.17, 15) is 22.0 Å². The Balaban J connectivity index is 1.89. The molecule has 9 nitrogen and oxygen atoms in total.